The number of ether oxygens (including phenoxy) is 2. The highest BCUT2D eigenvalue weighted by molar-refractivity contribution is 7.92. The number of nitrogens with zero attached hydrogens (tertiary/aromatic N) is 1. The third-order valence-corrected chi connectivity index (χ3v) is 5.49. The van der Waals surface area contributed by atoms with Gasteiger partial charge in [-0.3, -0.25) is 9.10 Å². The van der Waals surface area contributed by atoms with Gasteiger partial charge in [0.05, 0.1) is 11.9 Å². The van der Waals surface area contributed by atoms with Crippen LogP contribution in [0.4, 0.5) is 10.1 Å². The summed E-state index contributed by atoms with van der Waals surface area (Å²) in [5.74, 6) is 0.100. The summed E-state index contributed by atoms with van der Waals surface area (Å²) in [4.78, 5) is 12.6. The number of hydrogen-bond donors (Lipinski definition) is 1. The van der Waals surface area contributed by atoms with Crippen molar-refractivity contribution in [1.82, 2.24) is 5.32 Å². The zero-order valence-corrected chi connectivity index (χ0v) is 16.3. The molecule has 1 aliphatic heterocycles. The van der Waals surface area contributed by atoms with Crippen LogP contribution in [-0.2, 0) is 21.4 Å². The van der Waals surface area contributed by atoms with Gasteiger partial charge in [-0.1, -0.05) is 12.1 Å². The van der Waals surface area contributed by atoms with Gasteiger partial charge in [0.2, 0.25) is 15.9 Å². The number of anilines is 1. The van der Waals surface area contributed by atoms with Crippen LogP contribution in [0.15, 0.2) is 42.5 Å². The molecule has 7 nitrogen and oxygen atoms in total. The summed E-state index contributed by atoms with van der Waals surface area (Å²) in [6.07, 6.45) is 1.04. The number of nitrogens with one attached hydrogen (secondary N) is 1. The normalized spacial score (nSPS) is 14.2. The number of hydrogen-bond acceptors (Lipinski definition) is 5. The minimum absolute atomic E-state index is 0.155. The number of rotatable bonds is 6. The topological polar surface area (TPSA) is 84.9 Å². The van der Waals surface area contributed by atoms with Crippen molar-refractivity contribution >= 4 is 21.6 Å². The summed E-state index contributed by atoms with van der Waals surface area (Å²) < 4.78 is 49.7. The molecular weight excluding hydrogens is 387 g/mol. The van der Waals surface area contributed by atoms with Crippen LogP contribution in [0.1, 0.15) is 12.5 Å². The lowest BCUT2D eigenvalue weighted by Crippen LogP contribution is -2.47. The molecule has 2 aromatic carbocycles. The molecular formula is C19H21FN2O5S. The molecule has 0 fully saturated rings. The van der Waals surface area contributed by atoms with Crippen LogP contribution in [0.5, 0.6) is 11.5 Å². The Morgan fingerprint density at radius 3 is 2.43 bits per heavy atom. The molecule has 0 spiro atoms. The number of amides is 1. The van der Waals surface area contributed by atoms with Gasteiger partial charge in [0.25, 0.3) is 0 Å². The smallest absolute Gasteiger partial charge is 0.243 e. The monoisotopic (exact) mass is 408 g/mol. The van der Waals surface area contributed by atoms with Gasteiger partial charge >= 0.3 is 0 Å². The summed E-state index contributed by atoms with van der Waals surface area (Å²) in [7, 11) is -3.75. The van der Waals surface area contributed by atoms with E-state index in [-0.39, 0.29) is 12.4 Å². The molecule has 150 valence electrons. The van der Waals surface area contributed by atoms with Crippen LogP contribution in [-0.4, -0.2) is 39.8 Å². The summed E-state index contributed by atoms with van der Waals surface area (Å²) in [6.45, 7) is 2.44. The number of carbonyl (C=O) groups excluding carboxylic acids is 1. The van der Waals surface area contributed by atoms with Crippen molar-refractivity contribution in [2.75, 3.05) is 23.8 Å². The van der Waals surface area contributed by atoms with Crippen LogP contribution in [0.25, 0.3) is 0 Å². The van der Waals surface area contributed by atoms with Gasteiger partial charge in [-0.15, -0.1) is 0 Å². The second-order valence-electron chi connectivity index (χ2n) is 6.41. The molecule has 0 unspecified atom stereocenters. The fraction of sp³-hybridized carbons (Fsp3) is 0.316. The molecule has 3 rings (SSSR count). The van der Waals surface area contributed by atoms with Crippen molar-refractivity contribution in [2.24, 2.45) is 0 Å². The van der Waals surface area contributed by atoms with E-state index in [4.69, 9.17) is 9.47 Å². The first-order chi connectivity index (χ1) is 13.3. The first-order valence-corrected chi connectivity index (χ1v) is 10.5. The second-order valence-corrected chi connectivity index (χ2v) is 8.27. The van der Waals surface area contributed by atoms with Crippen molar-refractivity contribution in [1.29, 1.82) is 0 Å². The van der Waals surface area contributed by atoms with Crippen LogP contribution in [0.3, 0.4) is 0 Å². The van der Waals surface area contributed by atoms with Crippen LogP contribution >= 0.6 is 0 Å². The SMILES string of the molecule is C[C@@H](C(=O)NCc1ccc(F)cc1)N(c1ccc2c(c1)OCCO2)S(C)(=O)=O. The van der Waals surface area contributed by atoms with Crippen molar-refractivity contribution in [2.45, 2.75) is 19.5 Å². The summed E-state index contributed by atoms with van der Waals surface area (Å²) >= 11 is 0. The highest BCUT2D eigenvalue weighted by atomic mass is 32.2. The van der Waals surface area contributed by atoms with E-state index in [9.17, 15) is 17.6 Å². The minimum atomic E-state index is -3.75. The van der Waals surface area contributed by atoms with Gasteiger partial charge in [-0.05, 0) is 36.8 Å². The Bertz CT molecular complexity index is 963. The van der Waals surface area contributed by atoms with Crippen molar-refractivity contribution in [3.8, 4) is 11.5 Å². The minimum Gasteiger partial charge on any atom is -0.486 e. The first-order valence-electron chi connectivity index (χ1n) is 8.67. The van der Waals surface area contributed by atoms with Crippen LogP contribution < -0.4 is 19.1 Å². The molecule has 1 atom stereocenters. The molecule has 1 aliphatic rings. The fourth-order valence-corrected chi connectivity index (χ4v) is 4.08. The second kappa shape index (κ2) is 8.05. The first kappa shape index (κ1) is 19.9. The quantitative estimate of drug-likeness (QED) is 0.791. The number of sulfonamides is 1. The van der Waals surface area contributed by atoms with E-state index in [0.29, 0.717) is 36.0 Å². The lowest BCUT2D eigenvalue weighted by Gasteiger charge is -2.29. The van der Waals surface area contributed by atoms with E-state index < -0.39 is 22.0 Å². The number of benzene rings is 2. The van der Waals surface area contributed by atoms with Crippen molar-refractivity contribution in [3.05, 3.63) is 53.8 Å². The van der Waals surface area contributed by atoms with E-state index in [1.807, 2.05) is 0 Å². The Morgan fingerprint density at radius 2 is 1.79 bits per heavy atom. The Hall–Kier alpha value is -2.81. The van der Waals surface area contributed by atoms with Crippen molar-refractivity contribution in [3.63, 3.8) is 0 Å². The maximum atomic E-state index is 13.0. The van der Waals surface area contributed by atoms with Gasteiger partial charge < -0.3 is 14.8 Å². The summed E-state index contributed by atoms with van der Waals surface area (Å²) in [5.41, 5.74) is 1.00. The molecule has 1 heterocycles. The maximum absolute atomic E-state index is 13.0. The van der Waals surface area contributed by atoms with E-state index in [1.54, 1.807) is 30.3 Å². The lowest BCUT2D eigenvalue weighted by atomic mass is 10.2. The average Bonchev–Trinajstić information content (AvgIpc) is 2.66. The van der Waals surface area contributed by atoms with Crippen molar-refractivity contribution < 1.29 is 27.1 Å². The number of carbonyl (C=O) groups is 1. The molecule has 0 saturated heterocycles. The Morgan fingerprint density at radius 1 is 1.14 bits per heavy atom. The van der Waals surface area contributed by atoms with Gasteiger partial charge in [0.1, 0.15) is 25.1 Å². The summed E-state index contributed by atoms with van der Waals surface area (Å²) in [6, 6.07) is 9.41. The fourth-order valence-electron chi connectivity index (χ4n) is 2.92. The predicted molar refractivity (Wildman–Crippen MR) is 102 cm³/mol. The van der Waals surface area contributed by atoms with Crippen LogP contribution in [0.2, 0.25) is 0 Å². The zero-order valence-electron chi connectivity index (χ0n) is 15.5. The molecule has 0 saturated carbocycles. The molecule has 1 N–H and O–H groups in total. The zero-order chi connectivity index (χ0) is 20.3. The molecule has 2 aromatic rings. The Balaban J connectivity index is 1.79. The van der Waals surface area contributed by atoms with E-state index in [2.05, 4.69) is 5.32 Å². The molecule has 28 heavy (non-hydrogen) atoms. The Labute approximate surface area is 163 Å². The van der Waals surface area contributed by atoms with Gasteiger partial charge in [-0.2, -0.15) is 0 Å². The molecule has 1 amide bonds. The average molecular weight is 408 g/mol. The third kappa shape index (κ3) is 4.53. The van der Waals surface area contributed by atoms with Crippen LogP contribution in [0, 0.1) is 5.82 Å². The summed E-state index contributed by atoms with van der Waals surface area (Å²) in [5, 5.41) is 2.68. The van der Waals surface area contributed by atoms with Gasteiger partial charge in [-0.25, -0.2) is 12.8 Å². The maximum Gasteiger partial charge on any atom is 0.243 e. The largest absolute Gasteiger partial charge is 0.486 e. The predicted octanol–water partition coefficient (Wildman–Crippen LogP) is 2.07. The standard InChI is InChI=1S/C19H21FN2O5S/c1-13(19(23)21-12-14-3-5-15(20)6-4-14)22(28(2,24)25)16-7-8-17-18(11-16)27-10-9-26-17/h3-8,11,13H,9-10,12H2,1-2H3,(H,21,23)/t13-/m0/s1. The molecule has 0 bridgehead atoms. The van der Waals surface area contributed by atoms with Gasteiger partial charge in [0.15, 0.2) is 11.5 Å². The number of fused-ring (bicyclic) bond motifs is 1. The van der Waals surface area contributed by atoms with E-state index in [1.165, 1.54) is 19.1 Å². The molecule has 0 aromatic heterocycles. The number of halogens is 1. The van der Waals surface area contributed by atoms with E-state index in [0.717, 1.165) is 10.6 Å². The van der Waals surface area contributed by atoms with E-state index >= 15 is 0 Å². The van der Waals surface area contributed by atoms with Gasteiger partial charge in [0, 0.05) is 12.6 Å². The molecule has 9 heteroatoms. The Kier molecular flexibility index (Phi) is 5.73. The molecule has 0 aliphatic carbocycles. The highest BCUT2D eigenvalue weighted by Crippen LogP contribution is 2.35. The molecule has 0 radical (unpaired) electrons. The third-order valence-electron chi connectivity index (χ3n) is 4.25. The highest BCUT2D eigenvalue weighted by Gasteiger charge is 2.30. The lowest BCUT2D eigenvalue weighted by molar-refractivity contribution is -0.122.